The molecule has 0 aliphatic carbocycles. The molecule has 0 N–H and O–H groups in total. The van der Waals surface area contributed by atoms with Crippen LogP contribution in [-0.2, 0) is 6.18 Å². The van der Waals surface area contributed by atoms with Crippen molar-refractivity contribution in [3.05, 3.63) is 34.3 Å². The zero-order valence-corrected chi connectivity index (χ0v) is 7.83. The zero-order chi connectivity index (χ0) is 8.48. The normalized spacial score (nSPS) is 10.7. The number of hydrogen-bond donors (Lipinski definition) is 0. The van der Waals surface area contributed by atoms with Gasteiger partial charge in [-0.2, -0.15) is 37.4 Å². The average Bonchev–Trinajstić information content (AvgIpc) is 1.86. The third-order valence-electron chi connectivity index (χ3n) is 1.06. The maximum atomic E-state index is 11.9. The monoisotopic (exact) mass is 230 g/mol. The summed E-state index contributed by atoms with van der Waals surface area (Å²) in [6.07, 6.45) is -4.30. The van der Waals surface area contributed by atoms with Crippen LogP contribution in [-0.4, -0.2) is 0 Å². The molecule has 0 atom stereocenters. The van der Waals surface area contributed by atoms with Crippen LogP contribution in [0, 0.1) is 6.07 Å². The minimum atomic E-state index is -4.30. The summed E-state index contributed by atoms with van der Waals surface area (Å²) in [4.78, 5) is 0. The van der Waals surface area contributed by atoms with Gasteiger partial charge in [0.15, 0.2) is 0 Å². The summed E-state index contributed by atoms with van der Waals surface area (Å²) in [5.41, 5.74) is -0.758. The molecule has 0 nitrogen and oxygen atoms in total. The first-order valence-corrected chi connectivity index (χ1v) is 3.54. The van der Waals surface area contributed by atoms with Crippen LogP contribution in [0.3, 0.4) is 0 Å². The summed E-state index contributed by atoms with van der Waals surface area (Å²) in [6, 6.07) is 5.93. The van der Waals surface area contributed by atoms with Gasteiger partial charge in [0.05, 0.1) is 0 Å². The molecular formula is C7H3BrF3Li. The Balaban J connectivity index is 0.00000121. The fraction of sp³-hybridized carbons (Fsp3) is 0.143. The Morgan fingerprint density at radius 2 is 1.83 bits per heavy atom. The topological polar surface area (TPSA) is 0 Å². The van der Waals surface area contributed by atoms with Gasteiger partial charge in [0, 0.05) is 0 Å². The van der Waals surface area contributed by atoms with Crippen LogP contribution in [0.25, 0.3) is 0 Å². The van der Waals surface area contributed by atoms with E-state index in [1.165, 1.54) is 12.1 Å². The van der Waals surface area contributed by atoms with E-state index >= 15 is 0 Å². The number of rotatable bonds is 0. The maximum Gasteiger partial charge on any atom is 1.00 e. The molecule has 0 saturated heterocycles. The van der Waals surface area contributed by atoms with Crippen LogP contribution in [0.2, 0.25) is 0 Å². The summed E-state index contributed by atoms with van der Waals surface area (Å²) in [5.74, 6) is 0. The Hall–Kier alpha value is 0.0874. The first-order chi connectivity index (χ1) is 5.00. The molecule has 5 heteroatoms. The zero-order valence-electron chi connectivity index (χ0n) is 6.24. The molecule has 0 radical (unpaired) electrons. The molecule has 60 valence electrons. The Morgan fingerprint density at radius 1 is 1.25 bits per heavy atom. The van der Waals surface area contributed by atoms with Crippen molar-refractivity contribution in [1.29, 1.82) is 0 Å². The number of halogens is 4. The molecule has 1 aromatic carbocycles. The van der Waals surface area contributed by atoms with Crippen LogP contribution in [0.4, 0.5) is 13.2 Å². The van der Waals surface area contributed by atoms with Crippen LogP contribution < -0.4 is 18.9 Å². The third-order valence-corrected chi connectivity index (χ3v) is 1.53. The van der Waals surface area contributed by atoms with E-state index in [2.05, 4.69) is 22.0 Å². The molecule has 0 unspecified atom stereocenters. The molecule has 1 rings (SSSR count). The summed E-state index contributed by atoms with van der Waals surface area (Å²) < 4.78 is 36.1. The minimum absolute atomic E-state index is 0. The third kappa shape index (κ3) is 3.22. The van der Waals surface area contributed by atoms with Crippen LogP contribution >= 0.6 is 15.9 Å². The van der Waals surface area contributed by atoms with Gasteiger partial charge in [-0.3, -0.25) is 0 Å². The van der Waals surface area contributed by atoms with Crippen molar-refractivity contribution in [2.45, 2.75) is 6.18 Å². The van der Waals surface area contributed by atoms with Crippen molar-refractivity contribution in [2.75, 3.05) is 0 Å². The van der Waals surface area contributed by atoms with Gasteiger partial charge < -0.3 is 0 Å². The van der Waals surface area contributed by atoms with Gasteiger partial charge in [-0.25, -0.2) is 0 Å². The Morgan fingerprint density at radius 3 is 2.17 bits per heavy atom. The van der Waals surface area contributed by atoms with E-state index in [0.29, 0.717) is 4.47 Å². The standard InChI is InChI=1S/C7H3BrF3.Li/c8-6-3-1-2-5(4-6)7(9,10)11;/h1-3H;/q-1;+1. The van der Waals surface area contributed by atoms with Gasteiger partial charge in [-0.05, 0) is 0 Å². The van der Waals surface area contributed by atoms with E-state index in [4.69, 9.17) is 0 Å². The fourth-order valence-electron chi connectivity index (χ4n) is 0.606. The average molecular weight is 231 g/mol. The van der Waals surface area contributed by atoms with Crippen LogP contribution in [0.15, 0.2) is 22.7 Å². The summed E-state index contributed by atoms with van der Waals surface area (Å²) >= 11 is 2.90. The van der Waals surface area contributed by atoms with Crippen molar-refractivity contribution in [3.8, 4) is 0 Å². The second kappa shape index (κ2) is 4.36. The molecule has 1 aromatic rings. The molecule has 0 bridgehead atoms. The first-order valence-electron chi connectivity index (χ1n) is 2.75. The summed E-state index contributed by atoms with van der Waals surface area (Å²) in [7, 11) is 0. The number of hydrogen-bond acceptors (Lipinski definition) is 0. The quantitative estimate of drug-likeness (QED) is 0.444. The van der Waals surface area contributed by atoms with Gasteiger partial charge in [0.2, 0.25) is 0 Å². The molecule has 0 saturated carbocycles. The van der Waals surface area contributed by atoms with Crippen molar-refractivity contribution in [3.63, 3.8) is 0 Å². The van der Waals surface area contributed by atoms with Gasteiger partial charge >= 0.3 is 25.0 Å². The fourth-order valence-corrected chi connectivity index (χ4v) is 0.972. The van der Waals surface area contributed by atoms with Gasteiger partial charge in [0.1, 0.15) is 0 Å². The Labute approximate surface area is 88.5 Å². The Kier molecular flexibility index (Phi) is 4.39. The van der Waals surface area contributed by atoms with E-state index in [0.717, 1.165) is 6.07 Å². The second-order valence-corrected chi connectivity index (χ2v) is 2.76. The molecule has 0 amide bonds. The van der Waals surface area contributed by atoms with Gasteiger partial charge in [-0.1, -0.05) is 26.0 Å². The van der Waals surface area contributed by atoms with Crippen LogP contribution in [0.1, 0.15) is 5.56 Å². The van der Waals surface area contributed by atoms with Gasteiger partial charge in [0.25, 0.3) is 0 Å². The SMILES string of the molecule is FC(F)(F)c1[c-]c(Br)ccc1.[Li+]. The van der Waals surface area contributed by atoms with Gasteiger partial charge in [-0.15, -0.1) is 0 Å². The largest absolute Gasteiger partial charge is 1.00 e. The molecule has 0 aliphatic rings. The maximum absolute atomic E-state index is 11.9. The molecule has 0 aliphatic heterocycles. The first kappa shape index (κ1) is 12.1. The Bertz CT molecular complexity index is 259. The number of alkyl halides is 3. The summed E-state index contributed by atoms with van der Waals surface area (Å²) in [6.45, 7) is 0. The number of benzene rings is 1. The van der Waals surface area contributed by atoms with E-state index in [-0.39, 0.29) is 18.9 Å². The smallest absolute Gasteiger partial charge is 0.171 e. The predicted molar refractivity (Wildman–Crippen MR) is 38.0 cm³/mol. The van der Waals surface area contributed by atoms with Crippen molar-refractivity contribution < 1.29 is 32.0 Å². The summed E-state index contributed by atoms with van der Waals surface area (Å²) in [5, 5.41) is 0. The molecule has 12 heavy (non-hydrogen) atoms. The molecule has 0 spiro atoms. The van der Waals surface area contributed by atoms with Crippen molar-refractivity contribution >= 4 is 15.9 Å². The van der Waals surface area contributed by atoms with E-state index in [1.54, 1.807) is 0 Å². The van der Waals surface area contributed by atoms with E-state index in [1.807, 2.05) is 0 Å². The molecule has 0 fully saturated rings. The molecular weight excluding hydrogens is 228 g/mol. The minimum Gasteiger partial charge on any atom is -0.171 e. The molecule has 0 heterocycles. The van der Waals surface area contributed by atoms with Crippen LogP contribution in [0.5, 0.6) is 0 Å². The van der Waals surface area contributed by atoms with Crippen molar-refractivity contribution in [1.82, 2.24) is 0 Å². The predicted octanol–water partition coefficient (Wildman–Crippen LogP) is 0.272. The van der Waals surface area contributed by atoms with E-state index in [9.17, 15) is 13.2 Å². The second-order valence-electron chi connectivity index (χ2n) is 1.91. The van der Waals surface area contributed by atoms with Crippen molar-refractivity contribution in [2.24, 2.45) is 0 Å². The molecule has 0 aromatic heterocycles. The van der Waals surface area contributed by atoms with E-state index < -0.39 is 11.7 Å².